The molecule has 0 spiro atoms. The van der Waals surface area contributed by atoms with Crippen molar-refractivity contribution in [3.63, 3.8) is 0 Å². The molecule has 1 aromatic rings. The molecule has 3 heteroatoms. The van der Waals surface area contributed by atoms with Crippen molar-refractivity contribution in [3.05, 3.63) is 35.1 Å². The van der Waals surface area contributed by atoms with Gasteiger partial charge in [-0.15, -0.1) is 0 Å². The fraction of sp³-hybridized carbons (Fsp3) is 0.400. The van der Waals surface area contributed by atoms with Crippen molar-refractivity contribution in [3.8, 4) is 0 Å². The molecule has 0 bridgehead atoms. The van der Waals surface area contributed by atoms with E-state index in [9.17, 15) is 4.39 Å². The van der Waals surface area contributed by atoms with Crippen LogP contribution in [0, 0.1) is 5.82 Å². The van der Waals surface area contributed by atoms with Crippen LogP contribution in [0.2, 0.25) is 0 Å². The summed E-state index contributed by atoms with van der Waals surface area (Å²) in [4.78, 5) is 0. The lowest BCUT2D eigenvalue weighted by Gasteiger charge is -2.13. The van der Waals surface area contributed by atoms with Gasteiger partial charge in [-0.2, -0.15) is 0 Å². The molecule has 0 unspecified atom stereocenters. The van der Waals surface area contributed by atoms with Gasteiger partial charge >= 0.3 is 0 Å². The largest absolute Gasteiger partial charge is 0.392 e. The van der Waals surface area contributed by atoms with Gasteiger partial charge in [-0.05, 0) is 29.7 Å². The second kappa shape index (κ2) is 4.35. The predicted octanol–water partition coefficient (Wildman–Crippen LogP) is 1.73. The van der Waals surface area contributed by atoms with E-state index in [4.69, 9.17) is 10.8 Å². The molecule has 0 aliphatic carbocycles. The van der Waals surface area contributed by atoms with Crippen molar-refractivity contribution in [2.45, 2.75) is 26.0 Å². The van der Waals surface area contributed by atoms with Crippen molar-refractivity contribution in [2.75, 3.05) is 0 Å². The third-order valence-corrected chi connectivity index (χ3v) is 2.12. The fourth-order valence-electron chi connectivity index (χ4n) is 1.27. The third kappa shape index (κ3) is 2.26. The van der Waals surface area contributed by atoms with Gasteiger partial charge in [0.2, 0.25) is 0 Å². The highest BCUT2D eigenvalue weighted by molar-refractivity contribution is 5.29. The number of hydrogen-bond acceptors (Lipinski definition) is 2. The summed E-state index contributed by atoms with van der Waals surface area (Å²) in [5.74, 6) is -0.309. The van der Waals surface area contributed by atoms with Crippen molar-refractivity contribution in [2.24, 2.45) is 5.73 Å². The summed E-state index contributed by atoms with van der Waals surface area (Å²) in [6, 6.07) is 4.09. The lowest BCUT2D eigenvalue weighted by Crippen LogP contribution is -2.11. The Balaban J connectivity index is 3.07. The molecule has 0 saturated carbocycles. The smallest absolute Gasteiger partial charge is 0.123 e. The molecular formula is C10H14FNO. The highest BCUT2D eigenvalue weighted by Gasteiger charge is 2.09. The summed E-state index contributed by atoms with van der Waals surface area (Å²) in [7, 11) is 0. The maximum Gasteiger partial charge on any atom is 0.123 e. The molecule has 1 rings (SSSR count). The van der Waals surface area contributed by atoms with E-state index < -0.39 is 0 Å². The average Bonchev–Trinajstić information content (AvgIpc) is 2.16. The second-order valence-electron chi connectivity index (χ2n) is 3.02. The molecule has 1 aromatic carbocycles. The SMILES string of the molecule is CC[C@@H](N)c1cc(F)ccc1CO. The first-order valence-corrected chi connectivity index (χ1v) is 4.33. The third-order valence-electron chi connectivity index (χ3n) is 2.12. The Morgan fingerprint density at radius 2 is 2.23 bits per heavy atom. The number of benzene rings is 1. The van der Waals surface area contributed by atoms with Crippen LogP contribution in [0.4, 0.5) is 4.39 Å². The lowest BCUT2D eigenvalue weighted by molar-refractivity contribution is 0.279. The van der Waals surface area contributed by atoms with Crippen LogP contribution < -0.4 is 5.73 Å². The Bertz CT molecular complexity index is 288. The number of hydrogen-bond donors (Lipinski definition) is 2. The molecule has 0 aliphatic rings. The normalized spacial score (nSPS) is 12.9. The maximum atomic E-state index is 12.8. The fourth-order valence-corrected chi connectivity index (χ4v) is 1.27. The van der Waals surface area contributed by atoms with Gasteiger partial charge < -0.3 is 10.8 Å². The zero-order valence-corrected chi connectivity index (χ0v) is 7.63. The molecular weight excluding hydrogens is 169 g/mol. The van der Waals surface area contributed by atoms with Gasteiger partial charge in [-0.25, -0.2) is 4.39 Å². The average molecular weight is 183 g/mol. The van der Waals surface area contributed by atoms with E-state index in [0.717, 1.165) is 6.42 Å². The van der Waals surface area contributed by atoms with Crippen molar-refractivity contribution < 1.29 is 9.50 Å². The van der Waals surface area contributed by atoms with Crippen LogP contribution in [-0.2, 0) is 6.61 Å². The van der Waals surface area contributed by atoms with E-state index in [2.05, 4.69) is 0 Å². The summed E-state index contributed by atoms with van der Waals surface area (Å²) < 4.78 is 12.8. The molecule has 0 aromatic heterocycles. The van der Waals surface area contributed by atoms with E-state index in [0.29, 0.717) is 11.1 Å². The van der Waals surface area contributed by atoms with E-state index >= 15 is 0 Å². The summed E-state index contributed by atoms with van der Waals surface area (Å²) in [5.41, 5.74) is 7.17. The van der Waals surface area contributed by atoms with E-state index in [1.807, 2.05) is 6.92 Å². The van der Waals surface area contributed by atoms with Crippen molar-refractivity contribution >= 4 is 0 Å². The van der Waals surface area contributed by atoms with Crippen molar-refractivity contribution in [1.29, 1.82) is 0 Å². The predicted molar refractivity (Wildman–Crippen MR) is 49.5 cm³/mol. The lowest BCUT2D eigenvalue weighted by atomic mass is 9.99. The van der Waals surface area contributed by atoms with E-state index in [1.165, 1.54) is 12.1 Å². The zero-order valence-electron chi connectivity index (χ0n) is 7.63. The van der Waals surface area contributed by atoms with E-state index in [1.54, 1.807) is 6.07 Å². The number of aliphatic hydroxyl groups is 1. The zero-order chi connectivity index (χ0) is 9.84. The van der Waals surface area contributed by atoms with Crippen LogP contribution in [0.15, 0.2) is 18.2 Å². The Morgan fingerprint density at radius 1 is 1.54 bits per heavy atom. The van der Waals surface area contributed by atoms with Gasteiger partial charge in [0.05, 0.1) is 6.61 Å². The molecule has 13 heavy (non-hydrogen) atoms. The van der Waals surface area contributed by atoms with Crippen LogP contribution >= 0.6 is 0 Å². The van der Waals surface area contributed by atoms with Gasteiger partial charge in [0.1, 0.15) is 5.82 Å². The van der Waals surface area contributed by atoms with E-state index in [-0.39, 0.29) is 18.5 Å². The maximum absolute atomic E-state index is 12.8. The summed E-state index contributed by atoms with van der Waals surface area (Å²) >= 11 is 0. The molecule has 2 nitrogen and oxygen atoms in total. The Labute approximate surface area is 77.2 Å². The molecule has 0 radical (unpaired) electrons. The number of halogens is 1. The monoisotopic (exact) mass is 183 g/mol. The minimum atomic E-state index is -0.309. The minimum Gasteiger partial charge on any atom is -0.392 e. The summed E-state index contributed by atoms with van der Waals surface area (Å²) in [6.07, 6.45) is 0.733. The molecule has 1 atom stereocenters. The van der Waals surface area contributed by atoms with Gasteiger partial charge in [-0.1, -0.05) is 13.0 Å². The molecule has 0 saturated heterocycles. The first kappa shape index (κ1) is 10.2. The van der Waals surface area contributed by atoms with Gasteiger partial charge in [0.15, 0.2) is 0 Å². The second-order valence-corrected chi connectivity index (χ2v) is 3.02. The molecule has 0 amide bonds. The first-order valence-electron chi connectivity index (χ1n) is 4.33. The highest BCUT2D eigenvalue weighted by Crippen LogP contribution is 2.19. The first-order chi connectivity index (χ1) is 6.19. The van der Waals surface area contributed by atoms with Crippen LogP contribution in [0.3, 0.4) is 0 Å². The van der Waals surface area contributed by atoms with Gasteiger partial charge in [0.25, 0.3) is 0 Å². The van der Waals surface area contributed by atoms with Crippen molar-refractivity contribution in [1.82, 2.24) is 0 Å². The summed E-state index contributed by atoms with van der Waals surface area (Å²) in [5, 5.41) is 8.98. The number of rotatable bonds is 3. The van der Waals surface area contributed by atoms with Gasteiger partial charge in [-0.3, -0.25) is 0 Å². The topological polar surface area (TPSA) is 46.2 Å². The van der Waals surface area contributed by atoms with Crippen LogP contribution in [0.25, 0.3) is 0 Å². The molecule has 3 N–H and O–H groups in total. The molecule has 0 aliphatic heterocycles. The standard InChI is InChI=1S/C10H14FNO/c1-2-10(12)9-5-8(11)4-3-7(9)6-13/h3-5,10,13H,2,6,12H2,1H3/t10-/m1/s1. The quantitative estimate of drug-likeness (QED) is 0.749. The Kier molecular flexibility index (Phi) is 3.39. The summed E-state index contributed by atoms with van der Waals surface area (Å²) in [6.45, 7) is 1.83. The Morgan fingerprint density at radius 3 is 2.77 bits per heavy atom. The van der Waals surface area contributed by atoms with Crippen LogP contribution in [0.1, 0.15) is 30.5 Å². The molecule has 0 heterocycles. The highest BCUT2D eigenvalue weighted by atomic mass is 19.1. The number of nitrogens with two attached hydrogens (primary N) is 1. The van der Waals surface area contributed by atoms with Crippen LogP contribution in [0.5, 0.6) is 0 Å². The minimum absolute atomic E-state index is 0.0939. The van der Waals surface area contributed by atoms with Gasteiger partial charge in [0, 0.05) is 6.04 Å². The number of aliphatic hydroxyl groups excluding tert-OH is 1. The molecule has 0 fully saturated rings. The van der Waals surface area contributed by atoms with Crippen LogP contribution in [-0.4, -0.2) is 5.11 Å². The molecule has 72 valence electrons. The Hall–Kier alpha value is -0.930.